The summed E-state index contributed by atoms with van der Waals surface area (Å²) in [5, 5.41) is 0. The van der Waals surface area contributed by atoms with E-state index in [-0.39, 0.29) is 0 Å². The fourth-order valence-electron chi connectivity index (χ4n) is 3.58. The summed E-state index contributed by atoms with van der Waals surface area (Å²) in [7, 11) is 8.60. The van der Waals surface area contributed by atoms with Crippen LogP contribution in [0.3, 0.4) is 0 Å². The predicted octanol–water partition coefficient (Wildman–Crippen LogP) is 6.24. The Bertz CT molecular complexity index is 849. The molecule has 0 atom stereocenters. The van der Waals surface area contributed by atoms with Crippen LogP contribution in [0.1, 0.15) is 38.9 Å². The molecule has 3 rings (SSSR count). The van der Waals surface area contributed by atoms with Gasteiger partial charge < -0.3 is 14.7 Å². The fourth-order valence-corrected chi connectivity index (χ4v) is 3.58. The second-order valence-electron chi connectivity index (χ2n) is 8.20. The van der Waals surface area contributed by atoms with Crippen molar-refractivity contribution in [2.24, 2.45) is 0 Å². The summed E-state index contributed by atoms with van der Waals surface area (Å²) in [6.07, 6.45) is 6.00. The maximum absolute atomic E-state index is 4.49. The molecule has 1 aliphatic heterocycles. The second-order valence-corrected chi connectivity index (χ2v) is 8.20. The first-order valence-electron chi connectivity index (χ1n) is 10.6. The van der Waals surface area contributed by atoms with Crippen molar-refractivity contribution in [1.82, 2.24) is 14.7 Å². The Morgan fingerprint density at radius 3 is 2.03 bits per heavy atom. The Balaban J connectivity index is 0.000000358. The number of nitrogens with zero attached hydrogens (tertiary/aromatic N) is 3. The van der Waals surface area contributed by atoms with Crippen LogP contribution in [0.25, 0.3) is 0 Å². The summed E-state index contributed by atoms with van der Waals surface area (Å²) in [5.41, 5.74) is 9.71. The molecule has 32 heavy (non-hydrogen) atoms. The summed E-state index contributed by atoms with van der Waals surface area (Å²) in [4.78, 5) is 6.27. The molecule has 2 aromatic carbocycles. The third-order valence-electron chi connectivity index (χ3n) is 5.75. The minimum absolute atomic E-state index is 0.802. The summed E-state index contributed by atoms with van der Waals surface area (Å²) in [6, 6.07) is 11.2. The van der Waals surface area contributed by atoms with Gasteiger partial charge in [0.25, 0.3) is 0 Å². The van der Waals surface area contributed by atoms with Gasteiger partial charge in [0.15, 0.2) is 0 Å². The van der Waals surface area contributed by atoms with E-state index in [1.165, 1.54) is 38.9 Å². The molecule has 3 nitrogen and oxygen atoms in total. The van der Waals surface area contributed by atoms with E-state index in [4.69, 9.17) is 0 Å². The first-order valence-corrected chi connectivity index (χ1v) is 12.6. The van der Waals surface area contributed by atoms with Crippen LogP contribution in [0.5, 0.6) is 0 Å². The van der Waals surface area contributed by atoms with Gasteiger partial charge >= 0.3 is 27.7 Å². The molecule has 0 amide bonds. The molecule has 0 unspecified atom stereocenters. The van der Waals surface area contributed by atoms with Gasteiger partial charge in [-0.25, -0.2) is 0 Å². The van der Waals surface area contributed by atoms with Crippen molar-refractivity contribution in [3.05, 3.63) is 101 Å². The van der Waals surface area contributed by atoms with Crippen LogP contribution in [0.2, 0.25) is 0 Å². The SMILES string of the molecule is C=CCN1[C]N(Cc2c(C)c(C)c(C)c(C)c2C)C=C1.CN(C)Cc1[c-]cccc1.[Cl][Pd+]. The topological polar surface area (TPSA) is 9.72 Å². The van der Waals surface area contributed by atoms with Crippen molar-refractivity contribution < 1.29 is 18.2 Å². The molecule has 5 heteroatoms. The first kappa shape index (κ1) is 28.5. The van der Waals surface area contributed by atoms with Gasteiger partial charge in [-0.05, 0) is 82.1 Å². The van der Waals surface area contributed by atoms with Crippen molar-refractivity contribution in [3.63, 3.8) is 0 Å². The van der Waals surface area contributed by atoms with Gasteiger partial charge in [-0.1, -0.05) is 6.08 Å². The summed E-state index contributed by atoms with van der Waals surface area (Å²) < 4.78 is 0. The molecule has 0 N–H and O–H groups in total. The monoisotopic (exact) mass is 543 g/mol. The number of hydrogen-bond donors (Lipinski definition) is 0. The average Bonchev–Trinajstić information content (AvgIpc) is 3.23. The molecule has 176 valence electrons. The third kappa shape index (κ3) is 8.41. The Labute approximate surface area is 211 Å². The maximum atomic E-state index is 4.49. The van der Waals surface area contributed by atoms with E-state index in [2.05, 4.69) is 118 Å². The van der Waals surface area contributed by atoms with Gasteiger partial charge in [0.1, 0.15) is 0 Å². The number of halogens is 1. The molecule has 0 saturated heterocycles. The Hall–Kier alpha value is -1.57. The molecule has 0 fully saturated rings. The van der Waals surface area contributed by atoms with Crippen LogP contribution in [-0.2, 0) is 31.3 Å². The number of hydrogen-bond acceptors (Lipinski definition) is 3. The molecular formula is C27H36ClN3Pd. The van der Waals surface area contributed by atoms with Crippen LogP contribution in [0, 0.1) is 47.4 Å². The Morgan fingerprint density at radius 1 is 0.969 bits per heavy atom. The standard InChI is InChI=1S/C18H24N2.C9H12N.ClH.Pd/c1-7-8-19-9-10-20(12-19)11-18-16(5)14(3)13(2)15(4)17(18)6;1-10(2)8-9-6-4-3-5-7-9;;/h7,9-10H,1,8,11H2,2-6H3;3-6H,8H2,1-2H3;1H;/q;-1;;+2/p-1. The van der Waals surface area contributed by atoms with E-state index in [1.54, 1.807) is 0 Å². The van der Waals surface area contributed by atoms with Crippen LogP contribution in [0.4, 0.5) is 0 Å². The molecule has 0 saturated carbocycles. The zero-order chi connectivity index (χ0) is 24.3. The van der Waals surface area contributed by atoms with Crippen LogP contribution >= 0.6 is 9.53 Å². The van der Waals surface area contributed by atoms with Crippen molar-refractivity contribution >= 4 is 9.53 Å². The van der Waals surface area contributed by atoms with Crippen LogP contribution in [-0.4, -0.2) is 35.3 Å². The molecular weight excluding hydrogens is 508 g/mol. The normalized spacial score (nSPS) is 12.3. The van der Waals surface area contributed by atoms with Crippen LogP contribution < -0.4 is 0 Å². The van der Waals surface area contributed by atoms with Gasteiger partial charge in [-0.2, -0.15) is 30.3 Å². The molecule has 0 aromatic heterocycles. The van der Waals surface area contributed by atoms with Crippen molar-refractivity contribution in [2.75, 3.05) is 20.6 Å². The van der Waals surface area contributed by atoms with Crippen LogP contribution in [0.15, 0.2) is 49.3 Å². The summed E-state index contributed by atoms with van der Waals surface area (Å²) in [5.74, 6) is 0. The summed E-state index contributed by atoms with van der Waals surface area (Å²) in [6.45, 7) is 20.9. The van der Waals surface area contributed by atoms with E-state index in [1.807, 2.05) is 35.4 Å². The van der Waals surface area contributed by atoms with Gasteiger partial charge in [-0.3, -0.25) is 0 Å². The Kier molecular flexibility index (Phi) is 12.9. The van der Waals surface area contributed by atoms with E-state index < -0.39 is 0 Å². The van der Waals surface area contributed by atoms with Gasteiger partial charge in [0.2, 0.25) is 6.67 Å². The van der Waals surface area contributed by atoms with E-state index in [0.717, 1.165) is 19.6 Å². The summed E-state index contributed by atoms with van der Waals surface area (Å²) >= 11 is 2.22. The molecule has 0 bridgehead atoms. The van der Waals surface area contributed by atoms with Crippen molar-refractivity contribution in [3.8, 4) is 0 Å². The first-order chi connectivity index (χ1) is 15.2. The quantitative estimate of drug-likeness (QED) is 0.243. The Morgan fingerprint density at radius 2 is 1.53 bits per heavy atom. The van der Waals surface area contributed by atoms with Gasteiger partial charge in [0.05, 0.1) is 0 Å². The molecule has 1 aliphatic rings. The van der Waals surface area contributed by atoms with Crippen molar-refractivity contribution in [2.45, 2.75) is 47.7 Å². The third-order valence-corrected chi connectivity index (χ3v) is 5.75. The van der Waals surface area contributed by atoms with E-state index in [0.29, 0.717) is 0 Å². The minimum atomic E-state index is 0.802. The average molecular weight is 544 g/mol. The molecule has 1 heterocycles. The zero-order valence-electron chi connectivity index (χ0n) is 20.4. The zero-order valence-corrected chi connectivity index (χ0v) is 22.7. The second kappa shape index (κ2) is 14.6. The molecule has 2 aromatic rings. The number of benzene rings is 2. The molecule has 0 spiro atoms. The fraction of sp³-hybridized carbons (Fsp3) is 0.370. The van der Waals surface area contributed by atoms with E-state index in [9.17, 15) is 0 Å². The van der Waals surface area contributed by atoms with Gasteiger partial charge in [-0.15, -0.1) is 12.1 Å². The number of rotatable bonds is 6. The molecule has 2 radical (unpaired) electrons. The van der Waals surface area contributed by atoms with E-state index >= 15 is 0 Å². The van der Waals surface area contributed by atoms with Crippen molar-refractivity contribution in [1.29, 1.82) is 0 Å². The molecule has 0 aliphatic carbocycles. The van der Waals surface area contributed by atoms with Gasteiger partial charge in [0, 0.05) is 32.0 Å². The predicted molar refractivity (Wildman–Crippen MR) is 133 cm³/mol.